The van der Waals surface area contributed by atoms with Crippen LogP contribution in [0.1, 0.15) is 12.0 Å². The average Bonchev–Trinajstić information content (AvgIpc) is 2.44. The van der Waals surface area contributed by atoms with E-state index in [9.17, 15) is 14.4 Å². The number of ketones is 1. The first-order valence-electron chi connectivity index (χ1n) is 6.65. The van der Waals surface area contributed by atoms with Gasteiger partial charge in [0.25, 0.3) is 0 Å². The molecule has 112 valence electrons. The van der Waals surface area contributed by atoms with Crippen molar-refractivity contribution < 1.29 is 23.9 Å². The summed E-state index contributed by atoms with van der Waals surface area (Å²) in [5, 5.41) is 0. The lowest BCUT2D eigenvalue weighted by Crippen LogP contribution is -2.53. The second-order valence-electron chi connectivity index (χ2n) is 4.86. The van der Waals surface area contributed by atoms with Gasteiger partial charge in [0.2, 0.25) is 0 Å². The monoisotopic (exact) mass is 291 g/mol. The molecular formula is C15H17NO5. The SMILES string of the molecule is COC(=O)CC(=O)C1CN(C(=O)OCc2ccccc2)C1. The van der Waals surface area contributed by atoms with Crippen molar-refractivity contribution in [1.29, 1.82) is 0 Å². The Hall–Kier alpha value is -2.37. The van der Waals surface area contributed by atoms with Gasteiger partial charge in [0, 0.05) is 13.1 Å². The highest BCUT2D eigenvalue weighted by molar-refractivity contribution is 5.97. The molecule has 1 heterocycles. The second kappa shape index (κ2) is 6.88. The second-order valence-corrected chi connectivity index (χ2v) is 4.86. The fraction of sp³-hybridized carbons (Fsp3) is 0.400. The van der Waals surface area contributed by atoms with Crippen molar-refractivity contribution in [2.24, 2.45) is 5.92 Å². The summed E-state index contributed by atoms with van der Waals surface area (Å²) >= 11 is 0. The minimum atomic E-state index is -0.551. The van der Waals surface area contributed by atoms with Crippen LogP contribution in [0.4, 0.5) is 4.79 Å². The molecule has 6 heteroatoms. The molecule has 2 rings (SSSR count). The van der Waals surface area contributed by atoms with Crippen molar-refractivity contribution in [1.82, 2.24) is 4.90 Å². The lowest BCUT2D eigenvalue weighted by atomic mass is 9.94. The fourth-order valence-electron chi connectivity index (χ4n) is 2.00. The number of ether oxygens (including phenoxy) is 2. The minimum Gasteiger partial charge on any atom is -0.469 e. The highest BCUT2D eigenvalue weighted by Crippen LogP contribution is 2.19. The van der Waals surface area contributed by atoms with Crippen molar-refractivity contribution in [3.8, 4) is 0 Å². The molecule has 1 aliphatic heterocycles. The molecule has 0 aromatic heterocycles. The Morgan fingerprint density at radius 2 is 1.86 bits per heavy atom. The van der Waals surface area contributed by atoms with Crippen molar-refractivity contribution in [3.63, 3.8) is 0 Å². The van der Waals surface area contributed by atoms with Crippen LogP contribution in [0, 0.1) is 5.92 Å². The van der Waals surface area contributed by atoms with Gasteiger partial charge in [0.05, 0.1) is 13.0 Å². The van der Waals surface area contributed by atoms with E-state index in [2.05, 4.69) is 4.74 Å². The molecular weight excluding hydrogens is 274 g/mol. The van der Waals surface area contributed by atoms with Gasteiger partial charge in [-0.15, -0.1) is 0 Å². The van der Waals surface area contributed by atoms with Crippen LogP contribution in [0.3, 0.4) is 0 Å². The van der Waals surface area contributed by atoms with Crippen molar-refractivity contribution in [2.75, 3.05) is 20.2 Å². The number of amides is 1. The number of methoxy groups -OCH3 is 1. The number of carbonyl (C=O) groups excluding carboxylic acids is 3. The van der Waals surface area contributed by atoms with Gasteiger partial charge in [-0.1, -0.05) is 30.3 Å². The molecule has 1 aromatic rings. The first kappa shape index (κ1) is 15.0. The fourth-order valence-corrected chi connectivity index (χ4v) is 2.00. The number of hydrogen-bond donors (Lipinski definition) is 0. The maximum Gasteiger partial charge on any atom is 0.410 e. The van der Waals surface area contributed by atoms with E-state index >= 15 is 0 Å². The third kappa shape index (κ3) is 4.05. The third-order valence-corrected chi connectivity index (χ3v) is 3.35. The molecule has 0 N–H and O–H groups in total. The van der Waals surface area contributed by atoms with Gasteiger partial charge in [-0.3, -0.25) is 9.59 Å². The van der Waals surface area contributed by atoms with Crippen LogP contribution in [0.2, 0.25) is 0 Å². The van der Waals surface area contributed by atoms with Crippen LogP contribution in [-0.2, 0) is 25.7 Å². The Balaban J connectivity index is 1.70. The zero-order valence-electron chi connectivity index (χ0n) is 11.8. The molecule has 21 heavy (non-hydrogen) atoms. The zero-order chi connectivity index (χ0) is 15.2. The largest absolute Gasteiger partial charge is 0.469 e. The number of benzene rings is 1. The molecule has 0 saturated carbocycles. The predicted molar refractivity (Wildman–Crippen MR) is 73.3 cm³/mol. The van der Waals surface area contributed by atoms with E-state index in [1.807, 2.05) is 30.3 Å². The molecule has 0 atom stereocenters. The summed E-state index contributed by atoms with van der Waals surface area (Å²) in [5.74, 6) is -1.05. The van der Waals surface area contributed by atoms with Crippen LogP contribution in [-0.4, -0.2) is 42.9 Å². The van der Waals surface area contributed by atoms with Crippen LogP contribution in [0.5, 0.6) is 0 Å². The molecule has 0 spiro atoms. The van der Waals surface area contributed by atoms with Crippen LogP contribution < -0.4 is 0 Å². The molecule has 0 bridgehead atoms. The molecule has 1 amide bonds. The number of nitrogens with zero attached hydrogens (tertiary/aromatic N) is 1. The Kier molecular flexibility index (Phi) is 4.92. The zero-order valence-corrected chi connectivity index (χ0v) is 11.8. The molecule has 1 saturated heterocycles. The number of Topliss-reactive ketones (excluding diaryl/α,β-unsaturated/α-hetero) is 1. The van der Waals surface area contributed by atoms with E-state index in [-0.39, 0.29) is 24.7 Å². The lowest BCUT2D eigenvalue weighted by Gasteiger charge is -2.37. The number of rotatable bonds is 5. The topological polar surface area (TPSA) is 72.9 Å². The van der Waals surface area contributed by atoms with Gasteiger partial charge in [0.15, 0.2) is 5.78 Å². The van der Waals surface area contributed by atoms with Crippen LogP contribution in [0.15, 0.2) is 30.3 Å². The van der Waals surface area contributed by atoms with E-state index in [1.165, 1.54) is 12.0 Å². The summed E-state index contributed by atoms with van der Waals surface area (Å²) < 4.78 is 9.58. The van der Waals surface area contributed by atoms with E-state index in [4.69, 9.17) is 4.74 Å². The molecule has 0 radical (unpaired) electrons. The Labute approximate surface area is 122 Å². The maximum absolute atomic E-state index is 11.7. The molecule has 0 unspecified atom stereocenters. The maximum atomic E-state index is 11.7. The quantitative estimate of drug-likeness (QED) is 0.605. The van der Waals surface area contributed by atoms with Gasteiger partial charge in [-0.25, -0.2) is 4.79 Å². The summed E-state index contributed by atoms with van der Waals surface area (Å²) in [6.45, 7) is 0.795. The Morgan fingerprint density at radius 1 is 1.19 bits per heavy atom. The number of carbonyl (C=O) groups is 3. The van der Waals surface area contributed by atoms with Gasteiger partial charge in [-0.2, -0.15) is 0 Å². The lowest BCUT2D eigenvalue weighted by molar-refractivity contribution is -0.145. The first-order valence-corrected chi connectivity index (χ1v) is 6.65. The van der Waals surface area contributed by atoms with Crippen molar-refractivity contribution in [2.45, 2.75) is 13.0 Å². The smallest absolute Gasteiger partial charge is 0.410 e. The van der Waals surface area contributed by atoms with E-state index in [0.29, 0.717) is 13.1 Å². The minimum absolute atomic E-state index is 0.200. The van der Waals surface area contributed by atoms with Crippen LogP contribution >= 0.6 is 0 Å². The molecule has 1 aromatic carbocycles. The Bertz CT molecular complexity index is 522. The van der Waals surface area contributed by atoms with E-state index in [1.54, 1.807) is 0 Å². The summed E-state index contributed by atoms with van der Waals surface area (Å²) in [7, 11) is 1.24. The van der Waals surface area contributed by atoms with Gasteiger partial charge in [0.1, 0.15) is 13.0 Å². The van der Waals surface area contributed by atoms with E-state index in [0.717, 1.165) is 5.56 Å². The highest BCUT2D eigenvalue weighted by Gasteiger charge is 2.37. The number of hydrogen-bond acceptors (Lipinski definition) is 5. The van der Waals surface area contributed by atoms with Gasteiger partial charge >= 0.3 is 12.1 Å². The van der Waals surface area contributed by atoms with Crippen molar-refractivity contribution >= 4 is 17.8 Å². The molecule has 0 aliphatic carbocycles. The first-order chi connectivity index (χ1) is 10.1. The standard InChI is InChI=1S/C15H17NO5/c1-20-14(18)7-13(17)12-8-16(9-12)15(19)21-10-11-5-3-2-4-6-11/h2-6,12H,7-10H2,1H3. The summed E-state index contributed by atoms with van der Waals surface area (Å²) in [6, 6.07) is 9.36. The number of likely N-dealkylation sites (tertiary alicyclic amines) is 1. The van der Waals surface area contributed by atoms with Crippen molar-refractivity contribution in [3.05, 3.63) is 35.9 Å². The summed E-state index contributed by atoms with van der Waals surface area (Å²) in [6.07, 6.45) is -0.686. The highest BCUT2D eigenvalue weighted by atomic mass is 16.6. The number of esters is 1. The summed E-state index contributed by atoms with van der Waals surface area (Å²) in [5.41, 5.74) is 0.907. The van der Waals surface area contributed by atoms with Gasteiger partial charge in [-0.05, 0) is 5.56 Å². The van der Waals surface area contributed by atoms with Crippen LogP contribution in [0.25, 0.3) is 0 Å². The van der Waals surface area contributed by atoms with E-state index < -0.39 is 12.1 Å². The Morgan fingerprint density at radius 3 is 2.48 bits per heavy atom. The summed E-state index contributed by atoms with van der Waals surface area (Å²) in [4.78, 5) is 35.8. The van der Waals surface area contributed by atoms with Gasteiger partial charge < -0.3 is 14.4 Å². The predicted octanol–water partition coefficient (Wildman–Crippen LogP) is 1.39. The molecule has 1 aliphatic rings. The average molecular weight is 291 g/mol. The third-order valence-electron chi connectivity index (χ3n) is 3.35. The normalized spacial score (nSPS) is 14.2. The molecule has 6 nitrogen and oxygen atoms in total. The molecule has 1 fully saturated rings.